The van der Waals surface area contributed by atoms with Crippen molar-refractivity contribution >= 4 is 55.8 Å². The van der Waals surface area contributed by atoms with Gasteiger partial charge in [0.1, 0.15) is 5.75 Å². The van der Waals surface area contributed by atoms with Crippen LogP contribution < -0.4 is 5.32 Å². The van der Waals surface area contributed by atoms with Crippen molar-refractivity contribution in [3.63, 3.8) is 0 Å². The van der Waals surface area contributed by atoms with Crippen molar-refractivity contribution in [2.75, 3.05) is 5.32 Å². The molecule has 0 aromatic heterocycles. The first kappa shape index (κ1) is 15.7. The number of nitro benzene ring substituents is 1. The normalized spacial score (nSPS) is 10.2. The number of aromatic hydroxyl groups is 1. The minimum absolute atomic E-state index is 0.0139. The zero-order valence-electron chi connectivity index (χ0n) is 10.3. The zero-order chi connectivity index (χ0) is 15.6. The van der Waals surface area contributed by atoms with Crippen LogP contribution in [0.15, 0.2) is 40.9 Å². The van der Waals surface area contributed by atoms with E-state index < -0.39 is 10.8 Å². The van der Waals surface area contributed by atoms with E-state index in [0.717, 1.165) is 21.8 Å². The number of phenolic OH excluding ortho intramolecular Hbond substituents is 1. The van der Waals surface area contributed by atoms with Gasteiger partial charge in [-0.3, -0.25) is 14.9 Å². The molecule has 0 aliphatic heterocycles. The Hall–Kier alpha value is -1.68. The molecule has 0 aliphatic carbocycles. The molecule has 0 saturated heterocycles. The summed E-state index contributed by atoms with van der Waals surface area (Å²) in [5.41, 5.74) is 0.137. The fourth-order valence-corrected chi connectivity index (χ4v) is 2.52. The Kier molecular flexibility index (Phi) is 4.78. The third-order valence-corrected chi connectivity index (χ3v) is 3.97. The second kappa shape index (κ2) is 6.39. The van der Waals surface area contributed by atoms with Crippen LogP contribution in [-0.4, -0.2) is 15.9 Å². The van der Waals surface area contributed by atoms with E-state index in [1.807, 2.05) is 6.07 Å². The standard InChI is InChI=1S/C13H8BrIN2O4/c14-10-3-1-7(15)5-9(10)13(19)16-11-6-8(17(20)21)2-4-12(11)18/h1-6,18H,(H,16,19). The van der Waals surface area contributed by atoms with Crippen LogP contribution in [0.3, 0.4) is 0 Å². The molecule has 0 spiro atoms. The van der Waals surface area contributed by atoms with Gasteiger partial charge in [0.2, 0.25) is 0 Å². The van der Waals surface area contributed by atoms with Gasteiger partial charge in [0.15, 0.2) is 0 Å². The van der Waals surface area contributed by atoms with Crippen molar-refractivity contribution < 1.29 is 14.8 Å². The average Bonchev–Trinajstić information content (AvgIpc) is 2.43. The van der Waals surface area contributed by atoms with Gasteiger partial charge in [-0.05, 0) is 62.8 Å². The minimum atomic E-state index is -0.601. The summed E-state index contributed by atoms with van der Waals surface area (Å²) in [5.74, 6) is -0.716. The molecule has 2 rings (SSSR count). The number of hydrogen-bond donors (Lipinski definition) is 2. The molecule has 6 nitrogen and oxygen atoms in total. The highest BCUT2D eigenvalue weighted by molar-refractivity contribution is 14.1. The third-order valence-electron chi connectivity index (χ3n) is 2.61. The largest absolute Gasteiger partial charge is 0.506 e. The highest BCUT2D eigenvalue weighted by Gasteiger charge is 2.15. The molecule has 108 valence electrons. The number of benzene rings is 2. The molecule has 1 amide bonds. The number of nitro groups is 1. The van der Waals surface area contributed by atoms with E-state index >= 15 is 0 Å². The van der Waals surface area contributed by atoms with E-state index in [4.69, 9.17) is 0 Å². The molecule has 21 heavy (non-hydrogen) atoms. The van der Waals surface area contributed by atoms with E-state index in [0.29, 0.717) is 10.0 Å². The number of nitrogens with one attached hydrogen (secondary N) is 1. The lowest BCUT2D eigenvalue weighted by Crippen LogP contribution is -2.13. The molecule has 0 unspecified atom stereocenters. The van der Waals surface area contributed by atoms with E-state index in [2.05, 4.69) is 43.8 Å². The molecule has 2 aromatic carbocycles. The van der Waals surface area contributed by atoms with Crippen LogP contribution in [0.25, 0.3) is 0 Å². The van der Waals surface area contributed by atoms with Gasteiger partial charge in [-0.25, -0.2) is 0 Å². The maximum atomic E-state index is 12.2. The van der Waals surface area contributed by atoms with E-state index in [9.17, 15) is 20.0 Å². The van der Waals surface area contributed by atoms with E-state index in [-0.39, 0.29) is 17.1 Å². The highest BCUT2D eigenvalue weighted by atomic mass is 127. The van der Waals surface area contributed by atoms with Gasteiger partial charge < -0.3 is 10.4 Å². The molecule has 0 atom stereocenters. The number of rotatable bonds is 3. The van der Waals surface area contributed by atoms with Crippen LogP contribution in [0.4, 0.5) is 11.4 Å². The van der Waals surface area contributed by atoms with Crippen LogP contribution in [0.1, 0.15) is 10.4 Å². The van der Waals surface area contributed by atoms with Crippen LogP contribution in [-0.2, 0) is 0 Å². The zero-order valence-corrected chi connectivity index (χ0v) is 14.1. The predicted octanol–water partition coefficient (Wildman–Crippen LogP) is 3.92. The molecule has 0 heterocycles. The summed E-state index contributed by atoms with van der Waals surface area (Å²) in [5, 5.41) is 22.9. The van der Waals surface area contributed by atoms with Crippen molar-refractivity contribution in [3.05, 3.63) is 60.1 Å². The van der Waals surface area contributed by atoms with Crippen molar-refractivity contribution in [1.29, 1.82) is 0 Å². The van der Waals surface area contributed by atoms with Gasteiger partial charge in [-0.15, -0.1) is 0 Å². The lowest BCUT2D eigenvalue weighted by molar-refractivity contribution is -0.384. The topological polar surface area (TPSA) is 92.5 Å². The molecule has 2 aromatic rings. The Morgan fingerprint density at radius 3 is 2.67 bits per heavy atom. The second-order valence-electron chi connectivity index (χ2n) is 4.04. The SMILES string of the molecule is O=C(Nc1cc([N+](=O)[O-])ccc1O)c1cc(I)ccc1Br. The van der Waals surface area contributed by atoms with E-state index in [1.165, 1.54) is 0 Å². The van der Waals surface area contributed by atoms with Gasteiger partial charge in [0.05, 0.1) is 16.2 Å². The predicted molar refractivity (Wildman–Crippen MR) is 89.6 cm³/mol. The number of hydrogen-bond acceptors (Lipinski definition) is 4. The number of carbonyl (C=O) groups excluding carboxylic acids is 1. The summed E-state index contributed by atoms with van der Waals surface area (Å²) in [6.45, 7) is 0. The molecule has 0 saturated carbocycles. The van der Waals surface area contributed by atoms with Crippen molar-refractivity contribution in [2.24, 2.45) is 0 Å². The van der Waals surface area contributed by atoms with Crippen molar-refractivity contribution in [2.45, 2.75) is 0 Å². The molecule has 0 fully saturated rings. The van der Waals surface area contributed by atoms with Crippen molar-refractivity contribution in [1.82, 2.24) is 0 Å². The quantitative estimate of drug-likeness (QED) is 0.313. The molecule has 0 radical (unpaired) electrons. The molecular weight excluding hydrogens is 455 g/mol. The number of non-ortho nitro benzene ring substituents is 1. The average molecular weight is 463 g/mol. The summed E-state index contributed by atoms with van der Waals surface area (Å²) >= 11 is 5.33. The van der Waals surface area contributed by atoms with Crippen LogP contribution in [0.2, 0.25) is 0 Å². The lowest BCUT2D eigenvalue weighted by Gasteiger charge is -2.09. The lowest BCUT2D eigenvalue weighted by atomic mass is 10.2. The minimum Gasteiger partial charge on any atom is -0.506 e. The van der Waals surface area contributed by atoms with Crippen molar-refractivity contribution in [3.8, 4) is 5.75 Å². The maximum absolute atomic E-state index is 12.2. The fourth-order valence-electron chi connectivity index (χ4n) is 1.60. The Morgan fingerprint density at radius 2 is 2.00 bits per heavy atom. The number of carbonyl (C=O) groups is 1. The first-order valence-electron chi connectivity index (χ1n) is 5.62. The molecule has 0 aliphatic rings. The van der Waals surface area contributed by atoms with Gasteiger partial charge in [0, 0.05) is 20.2 Å². The number of phenols is 1. The van der Waals surface area contributed by atoms with Gasteiger partial charge in [-0.1, -0.05) is 0 Å². The summed E-state index contributed by atoms with van der Waals surface area (Å²) in [7, 11) is 0. The third kappa shape index (κ3) is 3.70. The summed E-state index contributed by atoms with van der Waals surface area (Å²) in [6, 6.07) is 8.64. The molecular formula is C13H8BrIN2O4. The second-order valence-corrected chi connectivity index (χ2v) is 6.14. The Balaban J connectivity index is 2.33. The van der Waals surface area contributed by atoms with Crippen LogP contribution in [0, 0.1) is 13.7 Å². The Labute approximate surface area is 141 Å². The highest BCUT2D eigenvalue weighted by Crippen LogP contribution is 2.29. The van der Waals surface area contributed by atoms with Crippen LogP contribution in [0.5, 0.6) is 5.75 Å². The van der Waals surface area contributed by atoms with Gasteiger partial charge >= 0.3 is 0 Å². The molecule has 0 bridgehead atoms. The van der Waals surface area contributed by atoms with E-state index in [1.54, 1.807) is 12.1 Å². The summed E-state index contributed by atoms with van der Waals surface area (Å²) in [6.07, 6.45) is 0. The summed E-state index contributed by atoms with van der Waals surface area (Å²) in [4.78, 5) is 22.3. The summed E-state index contributed by atoms with van der Waals surface area (Å²) < 4.78 is 1.45. The first-order valence-corrected chi connectivity index (χ1v) is 7.49. The van der Waals surface area contributed by atoms with Gasteiger partial charge in [-0.2, -0.15) is 0 Å². The van der Waals surface area contributed by atoms with Crippen LogP contribution >= 0.6 is 38.5 Å². The Bertz CT molecular complexity index is 736. The molecule has 8 heteroatoms. The number of anilines is 1. The number of nitrogens with zero attached hydrogens (tertiary/aromatic N) is 1. The Morgan fingerprint density at radius 1 is 1.29 bits per heavy atom. The maximum Gasteiger partial charge on any atom is 0.271 e. The fraction of sp³-hybridized carbons (Fsp3) is 0. The monoisotopic (exact) mass is 462 g/mol. The molecule has 2 N–H and O–H groups in total. The first-order chi connectivity index (χ1) is 9.88. The van der Waals surface area contributed by atoms with Gasteiger partial charge in [0.25, 0.3) is 11.6 Å². The number of amides is 1. The smallest absolute Gasteiger partial charge is 0.271 e. The number of halogens is 2.